The molecule has 1 fully saturated rings. The molecule has 1 aromatic heterocycles. The van der Waals surface area contributed by atoms with Crippen LogP contribution in [0.25, 0.3) is 0 Å². The molecule has 5 heteroatoms. The highest BCUT2D eigenvalue weighted by atomic mass is 79.9. The third kappa shape index (κ3) is 3.09. The van der Waals surface area contributed by atoms with Crippen molar-refractivity contribution in [2.75, 3.05) is 12.4 Å². The van der Waals surface area contributed by atoms with Crippen molar-refractivity contribution < 1.29 is 9.53 Å². The van der Waals surface area contributed by atoms with Crippen LogP contribution in [0, 0.1) is 0 Å². The van der Waals surface area contributed by atoms with Crippen LogP contribution in [0.4, 0.5) is 0 Å². The van der Waals surface area contributed by atoms with Gasteiger partial charge >= 0.3 is 0 Å². The first-order valence-corrected chi connectivity index (χ1v) is 7.84. The van der Waals surface area contributed by atoms with E-state index in [9.17, 15) is 4.79 Å². The number of ether oxygens (including phenoxy) is 1. The Balaban J connectivity index is 1.84. The lowest BCUT2D eigenvalue weighted by atomic mass is 10.3. The van der Waals surface area contributed by atoms with Crippen LogP contribution in [0.2, 0.25) is 0 Å². The minimum Gasteiger partial charge on any atom is -0.377 e. The molecule has 2 rings (SSSR count). The molecule has 0 bridgehead atoms. The van der Waals surface area contributed by atoms with E-state index in [4.69, 9.17) is 4.74 Å². The zero-order chi connectivity index (χ0) is 11.5. The second-order valence-electron chi connectivity index (χ2n) is 3.74. The van der Waals surface area contributed by atoms with Gasteiger partial charge in [-0.05, 0) is 41.4 Å². The van der Waals surface area contributed by atoms with Crippen LogP contribution in [0.1, 0.15) is 23.0 Å². The number of ketones is 1. The number of thiophene rings is 1. The fourth-order valence-corrected chi connectivity index (χ4v) is 4.20. The maximum Gasteiger partial charge on any atom is 0.182 e. The minimum atomic E-state index is 0.222. The number of hydrogen-bond acceptors (Lipinski definition) is 4. The van der Waals surface area contributed by atoms with Crippen LogP contribution in [-0.2, 0) is 4.74 Å². The molecule has 1 aliphatic heterocycles. The van der Waals surface area contributed by atoms with Crippen LogP contribution >= 0.6 is 39.0 Å². The topological polar surface area (TPSA) is 26.3 Å². The first-order valence-electron chi connectivity index (χ1n) is 5.18. The number of hydrogen-bond donors (Lipinski definition) is 0. The van der Waals surface area contributed by atoms with E-state index in [0.717, 1.165) is 21.7 Å². The van der Waals surface area contributed by atoms with Gasteiger partial charge in [0.1, 0.15) is 0 Å². The smallest absolute Gasteiger partial charge is 0.182 e. The van der Waals surface area contributed by atoms with E-state index in [0.29, 0.717) is 11.0 Å². The molecule has 88 valence electrons. The number of halogens is 1. The van der Waals surface area contributed by atoms with Crippen molar-refractivity contribution in [3.05, 3.63) is 20.8 Å². The van der Waals surface area contributed by atoms with Crippen LogP contribution in [0.5, 0.6) is 0 Å². The fourth-order valence-electron chi connectivity index (χ4n) is 1.65. The summed E-state index contributed by atoms with van der Waals surface area (Å²) in [5.74, 6) is 0.783. The highest BCUT2D eigenvalue weighted by molar-refractivity contribution is 9.11. The lowest BCUT2D eigenvalue weighted by molar-refractivity contribution is 0.102. The second-order valence-corrected chi connectivity index (χ2v) is 7.43. The lowest BCUT2D eigenvalue weighted by Gasteiger charge is -2.12. The predicted molar refractivity (Wildman–Crippen MR) is 72.6 cm³/mol. The van der Waals surface area contributed by atoms with E-state index >= 15 is 0 Å². The van der Waals surface area contributed by atoms with Crippen molar-refractivity contribution in [1.82, 2.24) is 0 Å². The third-order valence-electron chi connectivity index (χ3n) is 2.58. The molecule has 0 saturated carbocycles. The largest absolute Gasteiger partial charge is 0.377 e. The minimum absolute atomic E-state index is 0.222. The summed E-state index contributed by atoms with van der Waals surface area (Å²) in [6, 6.07) is 3.80. The highest BCUT2D eigenvalue weighted by Crippen LogP contribution is 2.28. The zero-order valence-electron chi connectivity index (χ0n) is 8.94. The Morgan fingerprint density at radius 1 is 1.69 bits per heavy atom. The molecular formula is C11H13BrO2S2. The first kappa shape index (κ1) is 12.6. The third-order valence-corrected chi connectivity index (χ3v) is 5.72. The van der Waals surface area contributed by atoms with Gasteiger partial charge in [0.25, 0.3) is 0 Å². The Morgan fingerprint density at radius 3 is 3.06 bits per heavy atom. The summed E-state index contributed by atoms with van der Waals surface area (Å²) in [5.41, 5.74) is 0. The number of carbonyl (C=O) groups excluding carboxylic acids is 1. The quantitative estimate of drug-likeness (QED) is 0.793. The molecule has 2 atom stereocenters. The van der Waals surface area contributed by atoms with E-state index < -0.39 is 0 Å². The average molecular weight is 321 g/mol. The van der Waals surface area contributed by atoms with E-state index in [-0.39, 0.29) is 11.9 Å². The maximum atomic E-state index is 11.8. The molecule has 0 aliphatic carbocycles. The lowest BCUT2D eigenvalue weighted by Crippen LogP contribution is -2.15. The Hall–Kier alpha value is 0.160. The normalized spacial score (nSPS) is 24.9. The van der Waals surface area contributed by atoms with E-state index in [1.807, 2.05) is 12.1 Å². The van der Waals surface area contributed by atoms with Crippen LogP contribution in [0.15, 0.2) is 15.9 Å². The van der Waals surface area contributed by atoms with Crippen molar-refractivity contribution in [2.45, 2.75) is 24.7 Å². The molecule has 2 heterocycles. The summed E-state index contributed by atoms with van der Waals surface area (Å²) in [5, 5.41) is 0.479. The van der Waals surface area contributed by atoms with Gasteiger partial charge in [-0.1, -0.05) is 0 Å². The van der Waals surface area contributed by atoms with Gasteiger partial charge < -0.3 is 4.74 Å². The molecule has 1 aliphatic rings. The van der Waals surface area contributed by atoms with Gasteiger partial charge in [0.2, 0.25) is 0 Å². The van der Waals surface area contributed by atoms with Crippen LogP contribution in [0.3, 0.4) is 0 Å². The number of rotatable bonds is 4. The van der Waals surface area contributed by atoms with Gasteiger partial charge in [0.05, 0.1) is 20.5 Å². The molecule has 16 heavy (non-hydrogen) atoms. The summed E-state index contributed by atoms with van der Waals surface area (Å²) in [7, 11) is 0. The Bertz CT molecular complexity index is 378. The number of carbonyl (C=O) groups is 1. The van der Waals surface area contributed by atoms with E-state index in [1.165, 1.54) is 11.3 Å². The summed E-state index contributed by atoms with van der Waals surface area (Å²) >= 11 is 6.59. The molecule has 0 spiro atoms. The van der Waals surface area contributed by atoms with Crippen LogP contribution in [-0.4, -0.2) is 29.5 Å². The molecule has 0 aromatic carbocycles. The molecule has 0 amide bonds. The van der Waals surface area contributed by atoms with Crippen molar-refractivity contribution in [1.29, 1.82) is 0 Å². The Morgan fingerprint density at radius 2 is 2.50 bits per heavy atom. The molecule has 0 radical (unpaired) electrons. The van der Waals surface area contributed by atoms with Gasteiger partial charge in [-0.3, -0.25) is 4.79 Å². The van der Waals surface area contributed by atoms with Crippen molar-refractivity contribution in [3.63, 3.8) is 0 Å². The van der Waals surface area contributed by atoms with Crippen molar-refractivity contribution in [3.8, 4) is 0 Å². The number of Topliss-reactive ketones (excluding diaryl/α,β-unsaturated/α-hetero) is 1. The van der Waals surface area contributed by atoms with Gasteiger partial charge in [0.15, 0.2) is 5.78 Å². The maximum absolute atomic E-state index is 11.8. The summed E-state index contributed by atoms with van der Waals surface area (Å²) in [4.78, 5) is 12.7. The predicted octanol–water partition coefficient (Wildman–Crippen LogP) is 3.60. The molecule has 2 unspecified atom stereocenters. The van der Waals surface area contributed by atoms with Crippen molar-refractivity contribution >= 4 is 44.8 Å². The number of thioether (sulfide) groups is 1. The standard InChI is InChI=1S/C11H13BrO2S2/c1-7-9(4-5-14-7)15-6-8(13)10-2-3-11(12)16-10/h2-3,7,9H,4-6H2,1H3. The molecule has 2 nitrogen and oxygen atoms in total. The highest BCUT2D eigenvalue weighted by Gasteiger charge is 2.25. The first-order chi connectivity index (χ1) is 7.66. The van der Waals surface area contributed by atoms with Gasteiger partial charge in [-0.15, -0.1) is 23.1 Å². The van der Waals surface area contributed by atoms with E-state index in [1.54, 1.807) is 11.8 Å². The zero-order valence-corrected chi connectivity index (χ0v) is 12.2. The van der Waals surface area contributed by atoms with Gasteiger partial charge in [-0.2, -0.15) is 0 Å². The molecular weight excluding hydrogens is 308 g/mol. The van der Waals surface area contributed by atoms with Crippen LogP contribution < -0.4 is 0 Å². The van der Waals surface area contributed by atoms with Gasteiger partial charge in [-0.25, -0.2) is 0 Å². The van der Waals surface area contributed by atoms with Crippen molar-refractivity contribution in [2.24, 2.45) is 0 Å². The monoisotopic (exact) mass is 320 g/mol. The molecule has 0 N–H and O–H groups in total. The van der Waals surface area contributed by atoms with Gasteiger partial charge in [0, 0.05) is 11.9 Å². The Kier molecular flexibility index (Phi) is 4.47. The summed E-state index contributed by atoms with van der Waals surface area (Å²) in [6.07, 6.45) is 1.35. The second kappa shape index (κ2) is 5.67. The summed E-state index contributed by atoms with van der Waals surface area (Å²) < 4.78 is 6.48. The Labute approximate surface area is 112 Å². The summed E-state index contributed by atoms with van der Waals surface area (Å²) in [6.45, 7) is 2.91. The van der Waals surface area contributed by atoms with E-state index in [2.05, 4.69) is 22.9 Å². The average Bonchev–Trinajstić information content (AvgIpc) is 2.84. The fraction of sp³-hybridized carbons (Fsp3) is 0.545. The molecule has 1 aromatic rings. The molecule has 1 saturated heterocycles. The SMILES string of the molecule is CC1OCCC1SCC(=O)c1ccc(Br)s1.